The Kier molecular flexibility index (Phi) is 5.62. The third-order valence-corrected chi connectivity index (χ3v) is 5.23. The van der Waals surface area contributed by atoms with Crippen LogP contribution in [0.15, 0.2) is 104 Å². The molecule has 4 aromatic rings. The summed E-state index contributed by atoms with van der Waals surface area (Å²) >= 11 is 0. The van der Waals surface area contributed by atoms with E-state index in [2.05, 4.69) is 47.5 Å². The highest BCUT2D eigenvalue weighted by molar-refractivity contribution is 6.00. The van der Waals surface area contributed by atoms with Crippen LogP contribution in [0.25, 0.3) is 28.2 Å². The molecule has 0 N–H and O–H groups in total. The maximum atomic E-state index is 11.9. The van der Waals surface area contributed by atoms with Crippen molar-refractivity contribution < 1.29 is 9.53 Å². The summed E-state index contributed by atoms with van der Waals surface area (Å²) in [6, 6.07) is 28.7. The van der Waals surface area contributed by atoms with E-state index in [0.29, 0.717) is 0 Å². The Morgan fingerprint density at radius 2 is 1.57 bits per heavy atom. The molecule has 0 aliphatic carbocycles. The number of carbonyl (C=O) groups excluding carboxylic acids is 1. The molecule has 0 saturated carbocycles. The van der Waals surface area contributed by atoms with E-state index in [1.807, 2.05) is 60.7 Å². The highest BCUT2D eigenvalue weighted by Crippen LogP contribution is 2.39. The fourth-order valence-electron chi connectivity index (χ4n) is 3.90. The molecule has 3 nitrogen and oxygen atoms in total. The van der Waals surface area contributed by atoms with Crippen LogP contribution < -0.4 is 0 Å². The number of para-hydroxylation sites is 1. The second-order valence-electron chi connectivity index (χ2n) is 6.96. The van der Waals surface area contributed by atoms with Gasteiger partial charge in [0.05, 0.1) is 18.8 Å². The molecular formula is C27H23NO2. The van der Waals surface area contributed by atoms with Crippen molar-refractivity contribution in [1.82, 2.24) is 4.57 Å². The van der Waals surface area contributed by atoms with Crippen molar-refractivity contribution in [3.63, 3.8) is 0 Å². The quantitative estimate of drug-likeness (QED) is 0.220. The van der Waals surface area contributed by atoms with Gasteiger partial charge in [-0.3, -0.25) is 0 Å². The number of ether oxygens (including phenoxy) is 1. The molecule has 0 spiro atoms. The molecule has 0 unspecified atom stereocenters. The monoisotopic (exact) mass is 393 g/mol. The Bertz CT molecular complexity index is 1200. The van der Waals surface area contributed by atoms with Crippen LogP contribution in [0.1, 0.15) is 17.2 Å². The first kappa shape index (κ1) is 19.5. The van der Waals surface area contributed by atoms with Crippen LogP contribution in [0, 0.1) is 0 Å². The number of esters is 1. The van der Waals surface area contributed by atoms with E-state index in [1.165, 1.54) is 13.2 Å². The van der Waals surface area contributed by atoms with Crippen molar-refractivity contribution in [2.24, 2.45) is 0 Å². The topological polar surface area (TPSA) is 31.2 Å². The molecule has 0 aliphatic heterocycles. The highest BCUT2D eigenvalue weighted by atomic mass is 16.5. The molecule has 4 rings (SSSR count). The Hall–Kier alpha value is -3.85. The average Bonchev–Trinajstić information content (AvgIpc) is 3.13. The Morgan fingerprint density at radius 3 is 2.23 bits per heavy atom. The van der Waals surface area contributed by atoms with Gasteiger partial charge in [-0.25, -0.2) is 4.79 Å². The maximum Gasteiger partial charge on any atom is 0.330 e. The number of hydrogen-bond donors (Lipinski definition) is 0. The lowest BCUT2D eigenvalue weighted by molar-refractivity contribution is -0.134. The van der Waals surface area contributed by atoms with Gasteiger partial charge in [-0.05, 0) is 23.3 Å². The number of carbonyl (C=O) groups is 1. The van der Waals surface area contributed by atoms with Crippen LogP contribution in [-0.2, 0) is 9.53 Å². The first-order chi connectivity index (χ1) is 14.7. The van der Waals surface area contributed by atoms with Gasteiger partial charge in [0, 0.05) is 22.5 Å². The van der Waals surface area contributed by atoms with E-state index in [-0.39, 0.29) is 12.0 Å². The molecule has 1 aromatic heterocycles. The highest BCUT2D eigenvalue weighted by Gasteiger charge is 2.22. The first-order valence-electron chi connectivity index (χ1n) is 9.86. The van der Waals surface area contributed by atoms with Gasteiger partial charge in [0.1, 0.15) is 0 Å². The lowest BCUT2D eigenvalue weighted by Gasteiger charge is -2.21. The third-order valence-electron chi connectivity index (χ3n) is 5.23. The zero-order chi connectivity index (χ0) is 20.9. The molecule has 3 aromatic carbocycles. The van der Waals surface area contributed by atoms with E-state index in [4.69, 9.17) is 4.74 Å². The van der Waals surface area contributed by atoms with E-state index >= 15 is 0 Å². The van der Waals surface area contributed by atoms with E-state index < -0.39 is 0 Å². The van der Waals surface area contributed by atoms with Crippen molar-refractivity contribution in [3.8, 4) is 11.3 Å². The summed E-state index contributed by atoms with van der Waals surface area (Å²) in [6.45, 7) is 4.14. The van der Waals surface area contributed by atoms with Crippen molar-refractivity contribution in [2.45, 2.75) is 6.04 Å². The Labute approximate surface area is 176 Å². The van der Waals surface area contributed by atoms with Crippen molar-refractivity contribution in [1.29, 1.82) is 0 Å². The normalized spacial score (nSPS) is 12.2. The van der Waals surface area contributed by atoms with Gasteiger partial charge in [0.15, 0.2) is 0 Å². The van der Waals surface area contributed by atoms with Gasteiger partial charge in [-0.15, -0.1) is 6.58 Å². The molecule has 0 amide bonds. The van der Waals surface area contributed by atoms with Crippen molar-refractivity contribution in [3.05, 3.63) is 115 Å². The molecule has 0 radical (unpaired) electrons. The summed E-state index contributed by atoms with van der Waals surface area (Å²) in [4.78, 5) is 11.9. The van der Waals surface area contributed by atoms with Gasteiger partial charge in [-0.1, -0.05) is 84.9 Å². The molecule has 1 heterocycles. The molecule has 3 heteroatoms. The van der Waals surface area contributed by atoms with E-state index in [9.17, 15) is 4.79 Å². The summed E-state index contributed by atoms with van der Waals surface area (Å²) in [5, 5.41) is 1.07. The van der Waals surface area contributed by atoms with E-state index in [0.717, 1.165) is 33.3 Å². The van der Waals surface area contributed by atoms with Crippen LogP contribution in [-0.4, -0.2) is 17.6 Å². The van der Waals surface area contributed by atoms with E-state index in [1.54, 1.807) is 0 Å². The minimum atomic E-state index is -0.380. The lowest BCUT2D eigenvalue weighted by atomic mass is 10.0. The number of nitrogens with zero attached hydrogens (tertiary/aromatic N) is 1. The van der Waals surface area contributed by atoms with Gasteiger partial charge < -0.3 is 9.30 Å². The zero-order valence-electron chi connectivity index (χ0n) is 16.9. The number of hydrogen-bond acceptors (Lipinski definition) is 2. The minimum Gasteiger partial charge on any atom is -0.466 e. The average molecular weight is 393 g/mol. The summed E-state index contributed by atoms with van der Waals surface area (Å²) in [5.74, 6) is -0.380. The fraction of sp³-hybridized carbons (Fsp3) is 0.0741. The molecule has 0 aliphatic rings. The van der Waals surface area contributed by atoms with Gasteiger partial charge in [0.25, 0.3) is 0 Å². The summed E-state index contributed by atoms with van der Waals surface area (Å²) in [5.41, 5.74) is 5.31. The van der Waals surface area contributed by atoms with Crippen LogP contribution >= 0.6 is 0 Å². The van der Waals surface area contributed by atoms with Gasteiger partial charge in [-0.2, -0.15) is 0 Å². The smallest absolute Gasteiger partial charge is 0.330 e. The molecular weight excluding hydrogens is 370 g/mol. The predicted molar refractivity (Wildman–Crippen MR) is 123 cm³/mol. The molecule has 1 atom stereocenters. The second kappa shape index (κ2) is 8.66. The van der Waals surface area contributed by atoms with Crippen molar-refractivity contribution in [2.75, 3.05) is 7.11 Å². The Balaban J connectivity index is 2.07. The fourth-order valence-corrected chi connectivity index (χ4v) is 3.90. The molecule has 30 heavy (non-hydrogen) atoms. The number of methoxy groups -OCH3 is 1. The standard InChI is InChI=1S/C27H23NO2/c1-3-24(20-12-6-4-7-13-20)28-25-17-11-10-16-22(25)23(18-19-26(29)30-2)27(28)21-14-8-5-9-15-21/h3-19,24H,1H2,2H3/b19-18+/t24-/m0/s1. The molecule has 0 saturated heterocycles. The lowest BCUT2D eigenvalue weighted by Crippen LogP contribution is -2.09. The summed E-state index contributed by atoms with van der Waals surface area (Å²) in [6.07, 6.45) is 5.28. The zero-order valence-corrected chi connectivity index (χ0v) is 16.9. The summed E-state index contributed by atoms with van der Waals surface area (Å²) in [7, 11) is 1.39. The molecule has 148 valence electrons. The molecule has 0 bridgehead atoms. The maximum absolute atomic E-state index is 11.9. The number of benzene rings is 3. The number of aromatic nitrogens is 1. The van der Waals surface area contributed by atoms with Crippen molar-refractivity contribution >= 4 is 22.9 Å². The number of rotatable bonds is 6. The third kappa shape index (κ3) is 3.58. The van der Waals surface area contributed by atoms with Crippen LogP contribution in [0.5, 0.6) is 0 Å². The number of fused-ring (bicyclic) bond motifs is 1. The minimum absolute atomic E-state index is 0.0633. The SMILES string of the molecule is C=C[C@@H](c1ccccc1)n1c(-c2ccccc2)c(/C=C/C(=O)OC)c2ccccc21. The number of allylic oxidation sites excluding steroid dienone is 1. The van der Waals surface area contributed by atoms with Crippen LogP contribution in [0.4, 0.5) is 0 Å². The van der Waals surface area contributed by atoms with Gasteiger partial charge >= 0.3 is 5.97 Å². The van der Waals surface area contributed by atoms with Gasteiger partial charge in [0.2, 0.25) is 0 Å². The Morgan fingerprint density at radius 1 is 0.933 bits per heavy atom. The predicted octanol–water partition coefficient (Wildman–Crippen LogP) is 6.27. The second-order valence-corrected chi connectivity index (χ2v) is 6.96. The summed E-state index contributed by atoms with van der Waals surface area (Å²) < 4.78 is 7.12. The van der Waals surface area contributed by atoms with Crippen LogP contribution in [0.2, 0.25) is 0 Å². The molecule has 0 fully saturated rings. The first-order valence-corrected chi connectivity index (χ1v) is 9.86. The van der Waals surface area contributed by atoms with Crippen LogP contribution in [0.3, 0.4) is 0 Å². The largest absolute Gasteiger partial charge is 0.466 e.